The number of nitrogens with zero attached hydrogens (tertiary/aromatic N) is 5. The van der Waals surface area contributed by atoms with Crippen molar-refractivity contribution in [3.63, 3.8) is 0 Å². The number of nitrogens with two attached hydrogens (primary N) is 1. The molecule has 0 bridgehead atoms. The molecule has 150 valence electrons. The third-order valence-electron chi connectivity index (χ3n) is 5.22. The molecule has 0 saturated heterocycles. The van der Waals surface area contributed by atoms with E-state index >= 15 is 0 Å². The number of likely N-dealkylation sites (N-methyl/N-ethyl adjacent to an activating group) is 2. The molecule has 2 heterocycles. The largest absolute Gasteiger partial charge is 0.383 e. The Kier molecular flexibility index (Phi) is 5.55. The Bertz CT molecular complexity index is 1090. The molecule has 8 heteroatoms. The molecular formula is C21H23IN6O. The molecule has 0 unspecified atom stereocenters. The molecule has 4 rings (SSSR count). The predicted molar refractivity (Wildman–Crippen MR) is 124 cm³/mol. The van der Waals surface area contributed by atoms with E-state index in [-0.39, 0.29) is 5.91 Å². The molecular weight excluding hydrogens is 479 g/mol. The van der Waals surface area contributed by atoms with Crippen molar-refractivity contribution >= 4 is 51.0 Å². The first-order valence-corrected chi connectivity index (χ1v) is 10.6. The summed E-state index contributed by atoms with van der Waals surface area (Å²) in [7, 11) is 3.88. The van der Waals surface area contributed by atoms with Crippen LogP contribution in [-0.2, 0) is 4.79 Å². The number of amides is 1. The van der Waals surface area contributed by atoms with E-state index in [0.29, 0.717) is 11.9 Å². The quantitative estimate of drug-likeness (QED) is 0.414. The van der Waals surface area contributed by atoms with Gasteiger partial charge in [-0.3, -0.25) is 14.3 Å². The number of carbonyl (C=O) groups is 1. The van der Waals surface area contributed by atoms with Gasteiger partial charge < -0.3 is 10.6 Å². The Morgan fingerprint density at radius 1 is 1.34 bits per heavy atom. The summed E-state index contributed by atoms with van der Waals surface area (Å²) < 4.78 is 2.95. The van der Waals surface area contributed by atoms with Crippen LogP contribution in [0.2, 0.25) is 0 Å². The van der Waals surface area contributed by atoms with Crippen LogP contribution in [0.25, 0.3) is 16.7 Å². The maximum atomic E-state index is 12.6. The Morgan fingerprint density at radius 2 is 2.14 bits per heavy atom. The van der Waals surface area contributed by atoms with E-state index in [1.165, 1.54) is 19.2 Å². The highest BCUT2D eigenvalue weighted by Crippen LogP contribution is 2.29. The zero-order valence-corrected chi connectivity index (χ0v) is 18.6. The normalized spacial score (nSPS) is 14.2. The zero-order valence-electron chi connectivity index (χ0n) is 16.4. The highest BCUT2D eigenvalue weighted by atomic mass is 127. The predicted octanol–water partition coefficient (Wildman–Crippen LogP) is 3.22. The van der Waals surface area contributed by atoms with E-state index in [9.17, 15) is 4.79 Å². The summed E-state index contributed by atoms with van der Waals surface area (Å²) in [5.74, 6) is 0.410. The molecule has 3 aromatic rings. The smallest absolute Gasteiger partial charge is 0.250 e. The topological polar surface area (TPSA) is 80.3 Å². The van der Waals surface area contributed by atoms with Gasteiger partial charge in [-0.15, -0.1) is 0 Å². The molecule has 2 N–H and O–H groups in total. The molecule has 0 atom stereocenters. The summed E-state index contributed by atoms with van der Waals surface area (Å²) >= 11 is 2.23. The highest BCUT2D eigenvalue weighted by Gasteiger charge is 2.25. The first-order valence-electron chi connectivity index (χ1n) is 9.47. The molecule has 7 nitrogen and oxygen atoms in total. The summed E-state index contributed by atoms with van der Waals surface area (Å²) in [6, 6.07) is 8.49. The van der Waals surface area contributed by atoms with Crippen LogP contribution in [0.1, 0.15) is 12.8 Å². The van der Waals surface area contributed by atoms with Gasteiger partial charge in [-0.25, -0.2) is 9.97 Å². The number of carbonyl (C=O) groups excluding carboxylic acids is 1. The summed E-state index contributed by atoms with van der Waals surface area (Å²) in [5.41, 5.74) is 8.49. The first-order chi connectivity index (χ1) is 14.0. The number of halogens is 1. The monoisotopic (exact) mass is 502 g/mol. The average molecular weight is 502 g/mol. The van der Waals surface area contributed by atoms with Gasteiger partial charge >= 0.3 is 0 Å². The van der Waals surface area contributed by atoms with Crippen LogP contribution in [0.4, 0.5) is 11.5 Å². The fourth-order valence-electron chi connectivity index (χ4n) is 3.31. The maximum Gasteiger partial charge on any atom is 0.250 e. The van der Waals surface area contributed by atoms with Gasteiger partial charge in [0, 0.05) is 46.9 Å². The standard InChI is InChI=1S/C21H23IN6O/c1-26(14-8-9-14)10-4-7-18(29)27(2)15-5-3-6-16(11-15)28-12-17(22)19-20(23)24-13-25-21(19)28/h3-7,11-14H,8-10H2,1-2H3,(H2,23,24,25)/b7-4+. The third-order valence-corrected chi connectivity index (χ3v) is 6.03. The van der Waals surface area contributed by atoms with Gasteiger partial charge in [0.25, 0.3) is 0 Å². The number of benzene rings is 1. The second kappa shape index (κ2) is 8.11. The molecule has 1 aliphatic rings. The van der Waals surface area contributed by atoms with Crippen LogP contribution < -0.4 is 10.6 Å². The SMILES string of the molecule is CN(C(=O)/C=C/CN(C)C1CC1)c1cccc(-n2cc(I)c3c(N)ncnc32)c1. The second-order valence-electron chi connectivity index (χ2n) is 7.29. The van der Waals surface area contributed by atoms with Gasteiger partial charge in [0.05, 0.1) is 5.39 Å². The van der Waals surface area contributed by atoms with Crippen molar-refractivity contribution in [3.8, 4) is 5.69 Å². The summed E-state index contributed by atoms with van der Waals surface area (Å²) in [6.45, 7) is 0.791. The van der Waals surface area contributed by atoms with Crippen molar-refractivity contribution in [2.75, 3.05) is 31.3 Å². The van der Waals surface area contributed by atoms with Crippen LogP contribution in [0, 0.1) is 3.57 Å². The fourth-order valence-corrected chi connectivity index (χ4v) is 4.11. The molecule has 0 aliphatic heterocycles. The second-order valence-corrected chi connectivity index (χ2v) is 8.46. The van der Waals surface area contributed by atoms with Crippen molar-refractivity contribution in [3.05, 3.63) is 52.5 Å². The lowest BCUT2D eigenvalue weighted by Crippen LogP contribution is -2.25. The van der Waals surface area contributed by atoms with Crippen LogP contribution in [0.15, 0.2) is 48.9 Å². The van der Waals surface area contributed by atoms with Crippen LogP contribution in [0.5, 0.6) is 0 Å². The van der Waals surface area contributed by atoms with Gasteiger partial charge in [-0.2, -0.15) is 0 Å². The molecule has 1 saturated carbocycles. The van der Waals surface area contributed by atoms with Crippen LogP contribution in [0.3, 0.4) is 0 Å². The van der Waals surface area contributed by atoms with Gasteiger partial charge in [0.2, 0.25) is 5.91 Å². The number of anilines is 2. The number of rotatable bonds is 6. The Balaban J connectivity index is 1.56. The summed E-state index contributed by atoms with van der Waals surface area (Å²) in [4.78, 5) is 25.0. The average Bonchev–Trinajstić information content (AvgIpc) is 3.51. The van der Waals surface area contributed by atoms with E-state index in [0.717, 1.165) is 32.5 Å². The molecule has 29 heavy (non-hydrogen) atoms. The van der Waals surface area contributed by atoms with Gasteiger partial charge in [0.1, 0.15) is 12.1 Å². The lowest BCUT2D eigenvalue weighted by Gasteiger charge is -2.17. The first kappa shape index (κ1) is 19.8. The lowest BCUT2D eigenvalue weighted by atomic mass is 10.2. The van der Waals surface area contributed by atoms with E-state index in [4.69, 9.17) is 5.73 Å². The van der Waals surface area contributed by atoms with E-state index in [2.05, 4.69) is 44.5 Å². The number of hydrogen-bond acceptors (Lipinski definition) is 5. The van der Waals surface area contributed by atoms with Crippen molar-refractivity contribution in [2.45, 2.75) is 18.9 Å². The number of fused-ring (bicyclic) bond motifs is 1. The lowest BCUT2D eigenvalue weighted by molar-refractivity contribution is -0.113. The molecule has 0 radical (unpaired) electrons. The minimum atomic E-state index is -0.0511. The molecule has 1 aromatic carbocycles. The van der Waals surface area contributed by atoms with E-state index in [1.807, 2.05) is 41.1 Å². The molecule has 2 aromatic heterocycles. The fraction of sp³-hybridized carbons (Fsp3) is 0.286. The number of nitrogen functional groups attached to an aromatic ring is 1. The Labute approximate surface area is 183 Å². The Morgan fingerprint density at radius 3 is 2.90 bits per heavy atom. The van der Waals surface area contributed by atoms with Crippen molar-refractivity contribution in [1.82, 2.24) is 19.4 Å². The minimum absolute atomic E-state index is 0.0511. The molecule has 1 amide bonds. The van der Waals surface area contributed by atoms with Crippen LogP contribution in [-0.4, -0.2) is 52.0 Å². The summed E-state index contributed by atoms with van der Waals surface area (Å²) in [6.07, 6.45) is 9.54. The number of aromatic nitrogens is 3. The van der Waals surface area contributed by atoms with Crippen molar-refractivity contribution < 1.29 is 4.79 Å². The zero-order chi connectivity index (χ0) is 20.5. The molecule has 1 fully saturated rings. The van der Waals surface area contributed by atoms with Crippen molar-refractivity contribution in [1.29, 1.82) is 0 Å². The van der Waals surface area contributed by atoms with Gasteiger partial charge in [-0.05, 0) is 60.7 Å². The van der Waals surface area contributed by atoms with Gasteiger partial charge in [-0.1, -0.05) is 12.1 Å². The number of hydrogen-bond donors (Lipinski definition) is 1. The van der Waals surface area contributed by atoms with Crippen molar-refractivity contribution in [2.24, 2.45) is 0 Å². The Hall–Kier alpha value is -2.46. The molecule has 1 aliphatic carbocycles. The van der Waals surface area contributed by atoms with E-state index in [1.54, 1.807) is 18.0 Å². The van der Waals surface area contributed by atoms with E-state index < -0.39 is 0 Å². The minimum Gasteiger partial charge on any atom is -0.383 e. The summed E-state index contributed by atoms with van der Waals surface area (Å²) in [5, 5.41) is 0.839. The highest BCUT2D eigenvalue weighted by molar-refractivity contribution is 14.1. The maximum absolute atomic E-state index is 12.6. The third kappa shape index (κ3) is 4.13. The molecule has 0 spiro atoms. The van der Waals surface area contributed by atoms with Crippen LogP contribution >= 0.6 is 22.6 Å². The van der Waals surface area contributed by atoms with Gasteiger partial charge in [0.15, 0.2) is 5.65 Å².